The highest BCUT2D eigenvalue weighted by atomic mass is 19.1. The number of benzene rings is 2. The second kappa shape index (κ2) is 7.24. The Kier molecular flexibility index (Phi) is 4.88. The monoisotopic (exact) mass is 314 g/mol. The van der Waals surface area contributed by atoms with E-state index >= 15 is 0 Å². The van der Waals surface area contributed by atoms with Crippen molar-refractivity contribution in [3.8, 4) is 5.75 Å². The van der Waals surface area contributed by atoms with Crippen LogP contribution in [-0.4, -0.2) is 25.5 Å². The fraction of sp³-hybridized carbons (Fsp3) is 0.278. The summed E-state index contributed by atoms with van der Waals surface area (Å²) in [5, 5.41) is 6.12. The van der Waals surface area contributed by atoms with Crippen molar-refractivity contribution in [2.24, 2.45) is 5.92 Å². The van der Waals surface area contributed by atoms with E-state index in [-0.39, 0.29) is 18.3 Å². The van der Waals surface area contributed by atoms with E-state index in [1.807, 2.05) is 12.1 Å². The Bertz CT molecular complexity index is 686. The van der Waals surface area contributed by atoms with E-state index in [0.29, 0.717) is 23.8 Å². The summed E-state index contributed by atoms with van der Waals surface area (Å²) >= 11 is 0. The molecule has 3 rings (SSSR count). The summed E-state index contributed by atoms with van der Waals surface area (Å²) in [7, 11) is 0. The minimum atomic E-state index is -0.332. The molecule has 2 N–H and O–H groups in total. The zero-order chi connectivity index (χ0) is 16.1. The van der Waals surface area contributed by atoms with Crippen molar-refractivity contribution in [1.29, 1.82) is 0 Å². The van der Waals surface area contributed by atoms with Gasteiger partial charge in [0, 0.05) is 37.2 Å². The molecule has 1 heterocycles. The van der Waals surface area contributed by atoms with Crippen molar-refractivity contribution in [2.75, 3.05) is 19.6 Å². The maximum Gasteiger partial charge on any atom is 0.251 e. The van der Waals surface area contributed by atoms with E-state index < -0.39 is 0 Å². The molecule has 0 aliphatic carbocycles. The fourth-order valence-electron chi connectivity index (χ4n) is 2.36. The molecule has 0 saturated carbocycles. The molecule has 2 aromatic carbocycles. The zero-order valence-corrected chi connectivity index (χ0v) is 12.7. The molecule has 0 radical (unpaired) electrons. The van der Waals surface area contributed by atoms with E-state index in [1.54, 1.807) is 24.3 Å². The molecule has 4 nitrogen and oxygen atoms in total. The fourth-order valence-corrected chi connectivity index (χ4v) is 2.36. The summed E-state index contributed by atoms with van der Waals surface area (Å²) in [5.74, 6) is 0.585. The van der Waals surface area contributed by atoms with Crippen LogP contribution in [0.2, 0.25) is 0 Å². The summed E-state index contributed by atoms with van der Waals surface area (Å²) in [5.41, 5.74) is 1.48. The van der Waals surface area contributed by atoms with Crippen LogP contribution in [-0.2, 0) is 6.61 Å². The molecule has 1 fully saturated rings. The number of carbonyl (C=O) groups excluding carboxylic acids is 1. The van der Waals surface area contributed by atoms with Gasteiger partial charge in [-0.05, 0) is 29.8 Å². The number of hydrogen-bond donors (Lipinski definition) is 2. The first kappa shape index (κ1) is 15.5. The molecule has 5 heteroatoms. The average Bonchev–Trinajstić information content (AvgIpc) is 2.52. The summed E-state index contributed by atoms with van der Waals surface area (Å²) in [6.45, 7) is 2.90. The van der Waals surface area contributed by atoms with Gasteiger partial charge in [-0.25, -0.2) is 4.39 Å². The van der Waals surface area contributed by atoms with Gasteiger partial charge in [-0.3, -0.25) is 4.79 Å². The lowest BCUT2D eigenvalue weighted by Gasteiger charge is -2.27. The molecule has 0 unspecified atom stereocenters. The maximum absolute atomic E-state index is 13.1. The minimum absolute atomic E-state index is 0.0792. The number of hydrogen-bond acceptors (Lipinski definition) is 3. The molecule has 1 aliphatic heterocycles. The molecule has 120 valence electrons. The van der Waals surface area contributed by atoms with E-state index in [1.165, 1.54) is 12.1 Å². The Labute approximate surface area is 134 Å². The quantitative estimate of drug-likeness (QED) is 0.860. The molecule has 0 spiro atoms. The van der Waals surface area contributed by atoms with Crippen molar-refractivity contribution in [2.45, 2.75) is 6.61 Å². The molecule has 1 amide bonds. The van der Waals surface area contributed by atoms with Crippen LogP contribution >= 0.6 is 0 Å². The van der Waals surface area contributed by atoms with Crippen LogP contribution in [0.4, 0.5) is 4.39 Å². The summed E-state index contributed by atoms with van der Waals surface area (Å²) in [6.07, 6.45) is 0. The van der Waals surface area contributed by atoms with E-state index in [4.69, 9.17) is 4.74 Å². The number of amides is 1. The lowest BCUT2D eigenvalue weighted by Crippen LogP contribution is -2.48. The van der Waals surface area contributed by atoms with Crippen LogP contribution in [0.3, 0.4) is 0 Å². The third kappa shape index (κ3) is 4.29. The lowest BCUT2D eigenvalue weighted by molar-refractivity contribution is 0.0942. The Balaban J connectivity index is 1.56. The Morgan fingerprint density at radius 1 is 1.22 bits per heavy atom. The van der Waals surface area contributed by atoms with Gasteiger partial charge in [0.2, 0.25) is 0 Å². The normalized spacial score (nSPS) is 14.1. The molecule has 2 aromatic rings. The van der Waals surface area contributed by atoms with Crippen molar-refractivity contribution in [1.82, 2.24) is 10.6 Å². The van der Waals surface area contributed by atoms with Crippen LogP contribution in [0, 0.1) is 11.7 Å². The van der Waals surface area contributed by atoms with E-state index in [2.05, 4.69) is 10.6 Å². The highest BCUT2D eigenvalue weighted by Crippen LogP contribution is 2.15. The van der Waals surface area contributed by atoms with Crippen molar-refractivity contribution >= 4 is 5.91 Å². The first-order valence-corrected chi connectivity index (χ1v) is 7.67. The van der Waals surface area contributed by atoms with Gasteiger partial charge in [0.05, 0.1) is 0 Å². The second-order valence-electron chi connectivity index (χ2n) is 5.68. The molecule has 1 aliphatic rings. The second-order valence-corrected chi connectivity index (χ2v) is 5.68. The van der Waals surface area contributed by atoms with Crippen molar-refractivity contribution < 1.29 is 13.9 Å². The van der Waals surface area contributed by atoms with Crippen molar-refractivity contribution in [3.63, 3.8) is 0 Å². The van der Waals surface area contributed by atoms with Crippen LogP contribution in [0.5, 0.6) is 5.75 Å². The minimum Gasteiger partial charge on any atom is -0.489 e. The smallest absolute Gasteiger partial charge is 0.251 e. The van der Waals surface area contributed by atoms with Gasteiger partial charge in [-0.1, -0.05) is 18.2 Å². The van der Waals surface area contributed by atoms with Gasteiger partial charge in [-0.15, -0.1) is 0 Å². The third-order valence-electron chi connectivity index (χ3n) is 3.81. The predicted molar refractivity (Wildman–Crippen MR) is 85.9 cm³/mol. The molecule has 0 atom stereocenters. The zero-order valence-electron chi connectivity index (χ0n) is 12.7. The van der Waals surface area contributed by atoms with Gasteiger partial charge < -0.3 is 15.4 Å². The summed E-state index contributed by atoms with van der Waals surface area (Å²) < 4.78 is 18.7. The summed E-state index contributed by atoms with van der Waals surface area (Å²) in [4.78, 5) is 12.1. The van der Waals surface area contributed by atoms with Crippen LogP contribution in [0.25, 0.3) is 0 Å². The van der Waals surface area contributed by atoms with Gasteiger partial charge in [0.15, 0.2) is 0 Å². The Morgan fingerprint density at radius 2 is 2.04 bits per heavy atom. The molecular weight excluding hydrogens is 295 g/mol. The van der Waals surface area contributed by atoms with E-state index in [9.17, 15) is 9.18 Å². The Hall–Kier alpha value is -2.40. The molecular formula is C18H19FN2O2. The standard InChI is InChI=1S/C18H19FN2O2/c19-16-5-2-6-17(8-16)23-12-13-3-1-4-15(7-13)18(22)21-11-14-9-20-10-14/h1-8,14,20H,9-12H2,(H,21,22). The van der Waals surface area contributed by atoms with Gasteiger partial charge in [0.1, 0.15) is 18.2 Å². The molecule has 0 aromatic heterocycles. The first-order valence-electron chi connectivity index (χ1n) is 7.67. The number of ether oxygens (including phenoxy) is 1. The largest absolute Gasteiger partial charge is 0.489 e. The lowest BCUT2D eigenvalue weighted by atomic mass is 10.0. The summed E-state index contributed by atoms with van der Waals surface area (Å²) in [6, 6.07) is 13.3. The highest BCUT2D eigenvalue weighted by molar-refractivity contribution is 5.94. The van der Waals surface area contributed by atoms with Gasteiger partial charge in [-0.2, -0.15) is 0 Å². The van der Waals surface area contributed by atoms with Gasteiger partial charge >= 0.3 is 0 Å². The topological polar surface area (TPSA) is 50.4 Å². The highest BCUT2D eigenvalue weighted by Gasteiger charge is 2.17. The maximum atomic E-state index is 13.1. The number of rotatable bonds is 6. The van der Waals surface area contributed by atoms with Crippen LogP contribution in [0.15, 0.2) is 48.5 Å². The number of nitrogens with one attached hydrogen (secondary N) is 2. The number of carbonyl (C=O) groups is 1. The molecule has 0 bridgehead atoms. The molecule has 1 saturated heterocycles. The van der Waals surface area contributed by atoms with E-state index in [0.717, 1.165) is 18.7 Å². The average molecular weight is 314 g/mol. The third-order valence-corrected chi connectivity index (χ3v) is 3.81. The Morgan fingerprint density at radius 3 is 2.78 bits per heavy atom. The first-order chi connectivity index (χ1) is 11.2. The van der Waals surface area contributed by atoms with Crippen LogP contribution < -0.4 is 15.4 Å². The van der Waals surface area contributed by atoms with Crippen LogP contribution in [0.1, 0.15) is 15.9 Å². The predicted octanol–water partition coefficient (Wildman–Crippen LogP) is 2.35. The van der Waals surface area contributed by atoms with Gasteiger partial charge in [0.25, 0.3) is 5.91 Å². The SMILES string of the molecule is O=C(NCC1CNC1)c1cccc(COc2cccc(F)c2)c1. The molecule has 23 heavy (non-hydrogen) atoms. The number of halogens is 1. The van der Waals surface area contributed by atoms with Crippen molar-refractivity contribution in [3.05, 3.63) is 65.5 Å².